The Bertz CT molecular complexity index is 1360. The summed E-state index contributed by atoms with van der Waals surface area (Å²) in [5, 5.41) is 3.24. The molecule has 5 nitrogen and oxygen atoms in total. The van der Waals surface area contributed by atoms with E-state index in [1.807, 2.05) is 35.7 Å². The zero-order valence-corrected chi connectivity index (χ0v) is 19.2. The van der Waals surface area contributed by atoms with Crippen LogP contribution in [0, 0.1) is 0 Å². The second kappa shape index (κ2) is 8.96. The summed E-state index contributed by atoms with van der Waals surface area (Å²) in [6, 6.07) is 17.5. The molecule has 0 radical (unpaired) electrons. The summed E-state index contributed by atoms with van der Waals surface area (Å²) in [6.07, 6.45) is 0.875. The summed E-state index contributed by atoms with van der Waals surface area (Å²) < 4.78 is 28.2. The first-order chi connectivity index (χ1) is 14.9. The maximum Gasteiger partial charge on any atom is 0.252 e. The van der Waals surface area contributed by atoms with Gasteiger partial charge < -0.3 is 4.98 Å². The number of aromatic nitrogens is 1. The number of sulfonamides is 1. The minimum Gasteiger partial charge on any atom is -0.322 e. The van der Waals surface area contributed by atoms with Crippen LogP contribution >= 0.6 is 22.9 Å². The van der Waals surface area contributed by atoms with Gasteiger partial charge in [0.1, 0.15) is 0 Å². The van der Waals surface area contributed by atoms with Crippen molar-refractivity contribution in [2.24, 2.45) is 0 Å². The molecular weight excluding hydrogens is 452 g/mol. The fraction of sp³-hybridized carbons (Fsp3) is 0.174. The van der Waals surface area contributed by atoms with Gasteiger partial charge in [0.2, 0.25) is 10.0 Å². The highest BCUT2D eigenvalue weighted by Gasteiger charge is 2.26. The van der Waals surface area contributed by atoms with Gasteiger partial charge in [-0.2, -0.15) is 4.31 Å². The van der Waals surface area contributed by atoms with Gasteiger partial charge in [0.25, 0.3) is 5.56 Å². The van der Waals surface area contributed by atoms with Crippen molar-refractivity contribution in [3.63, 3.8) is 0 Å². The second-order valence-electron chi connectivity index (χ2n) is 7.21. The number of benzene rings is 2. The van der Waals surface area contributed by atoms with Gasteiger partial charge in [0, 0.05) is 34.1 Å². The van der Waals surface area contributed by atoms with Crippen LogP contribution in [-0.2, 0) is 29.5 Å². The molecule has 160 valence electrons. The van der Waals surface area contributed by atoms with E-state index in [1.54, 1.807) is 18.2 Å². The summed E-state index contributed by atoms with van der Waals surface area (Å²) in [6.45, 7) is 2.20. The molecule has 0 bridgehead atoms. The first-order valence-electron chi connectivity index (χ1n) is 9.80. The van der Waals surface area contributed by atoms with Crippen LogP contribution < -0.4 is 5.56 Å². The number of aryl methyl sites for hydroxylation is 1. The van der Waals surface area contributed by atoms with E-state index in [0.717, 1.165) is 27.8 Å². The number of nitrogens with zero attached hydrogens (tertiary/aromatic N) is 1. The van der Waals surface area contributed by atoms with E-state index < -0.39 is 10.0 Å². The standard InChI is InChI=1S/C23H21ClN2O3S2/c1-2-16-5-10-22-17(12-16)13-18(23(27)25-22)14-26(15-20-4-3-11-30-20)31(28,29)21-8-6-19(24)7-9-21/h3-13H,2,14-15H2,1H3,(H,25,27). The molecule has 0 saturated heterocycles. The molecule has 0 saturated carbocycles. The average Bonchev–Trinajstić information content (AvgIpc) is 3.27. The van der Waals surface area contributed by atoms with Crippen molar-refractivity contribution in [2.75, 3.05) is 0 Å². The molecule has 0 amide bonds. The number of fused-ring (bicyclic) bond motifs is 1. The van der Waals surface area contributed by atoms with Crippen molar-refractivity contribution in [1.29, 1.82) is 0 Å². The topological polar surface area (TPSA) is 70.2 Å². The van der Waals surface area contributed by atoms with Crippen molar-refractivity contribution in [1.82, 2.24) is 9.29 Å². The summed E-state index contributed by atoms with van der Waals surface area (Å²) >= 11 is 7.41. The van der Waals surface area contributed by atoms with Crippen molar-refractivity contribution < 1.29 is 8.42 Å². The van der Waals surface area contributed by atoms with Crippen molar-refractivity contribution in [2.45, 2.75) is 31.3 Å². The molecule has 1 N–H and O–H groups in total. The van der Waals surface area contributed by atoms with Gasteiger partial charge >= 0.3 is 0 Å². The molecule has 0 aliphatic carbocycles. The summed E-state index contributed by atoms with van der Waals surface area (Å²) in [7, 11) is -3.85. The predicted octanol–water partition coefficient (Wildman–Crippen LogP) is 5.20. The van der Waals surface area contributed by atoms with Crippen LogP contribution in [0.5, 0.6) is 0 Å². The normalized spacial score (nSPS) is 12.0. The monoisotopic (exact) mass is 472 g/mol. The highest BCUT2D eigenvalue weighted by Crippen LogP contribution is 2.24. The number of H-pyrrole nitrogens is 1. The van der Waals surface area contributed by atoms with Crippen LogP contribution in [0.1, 0.15) is 22.9 Å². The minimum absolute atomic E-state index is 0.0372. The Labute approximate surface area is 190 Å². The molecule has 2 aromatic heterocycles. The maximum absolute atomic E-state index is 13.4. The third-order valence-corrected chi connectivity index (χ3v) is 8.02. The van der Waals surface area contributed by atoms with E-state index in [0.29, 0.717) is 10.6 Å². The average molecular weight is 473 g/mol. The molecule has 2 aromatic carbocycles. The second-order valence-corrected chi connectivity index (χ2v) is 10.6. The highest BCUT2D eigenvalue weighted by atomic mass is 35.5. The molecule has 0 unspecified atom stereocenters. The molecular formula is C23H21ClN2O3S2. The van der Waals surface area contributed by atoms with Gasteiger partial charge in [-0.25, -0.2) is 8.42 Å². The van der Waals surface area contributed by atoms with E-state index in [4.69, 9.17) is 11.6 Å². The van der Waals surface area contributed by atoms with E-state index in [1.165, 1.54) is 27.8 Å². The third-order valence-electron chi connectivity index (χ3n) is 5.10. The molecule has 31 heavy (non-hydrogen) atoms. The van der Waals surface area contributed by atoms with Gasteiger partial charge in [-0.3, -0.25) is 4.79 Å². The zero-order chi connectivity index (χ0) is 22.0. The Morgan fingerprint density at radius 3 is 2.48 bits per heavy atom. The first kappa shape index (κ1) is 21.8. The number of pyridine rings is 1. The van der Waals surface area contributed by atoms with Crippen LogP contribution in [-0.4, -0.2) is 17.7 Å². The van der Waals surface area contributed by atoms with Gasteiger partial charge in [-0.1, -0.05) is 30.7 Å². The Kier molecular flexibility index (Phi) is 6.29. The van der Waals surface area contributed by atoms with Crippen molar-refractivity contribution >= 4 is 43.9 Å². The van der Waals surface area contributed by atoms with Gasteiger partial charge in [0.15, 0.2) is 0 Å². The Balaban J connectivity index is 1.76. The lowest BCUT2D eigenvalue weighted by atomic mass is 10.1. The smallest absolute Gasteiger partial charge is 0.252 e. The fourth-order valence-electron chi connectivity index (χ4n) is 3.39. The SMILES string of the molecule is CCc1ccc2[nH]c(=O)c(CN(Cc3cccs3)S(=O)(=O)c3ccc(Cl)cc3)cc2c1. The van der Waals surface area contributed by atoms with E-state index in [2.05, 4.69) is 11.9 Å². The summed E-state index contributed by atoms with van der Waals surface area (Å²) in [4.78, 5) is 16.7. The first-order valence-corrected chi connectivity index (χ1v) is 12.5. The lowest BCUT2D eigenvalue weighted by Crippen LogP contribution is -2.32. The zero-order valence-electron chi connectivity index (χ0n) is 16.8. The lowest BCUT2D eigenvalue weighted by Gasteiger charge is -2.22. The molecule has 0 aliphatic heterocycles. The minimum atomic E-state index is -3.85. The van der Waals surface area contributed by atoms with Crippen molar-refractivity contribution in [3.8, 4) is 0 Å². The van der Waals surface area contributed by atoms with Crippen LogP contribution in [0.15, 0.2) is 75.7 Å². The maximum atomic E-state index is 13.4. The number of rotatable bonds is 7. The highest BCUT2D eigenvalue weighted by molar-refractivity contribution is 7.89. The lowest BCUT2D eigenvalue weighted by molar-refractivity contribution is 0.402. The number of aromatic amines is 1. The van der Waals surface area contributed by atoms with Crippen molar-refractivity contribution in [3.05, 3.63) is 97.4 Å². The van der Waals surface area contributed by atoms with E-state index in [9.17, 15) is 13.2 Å². The predicted molar refractivity (Wildman–Crippen MR) is 126 cm³/mol. The molecule has 4 rings (SSSR count). The molecule has 8 heteroatoms. The Morgan fingerprint density at radius 2 is 1.81 bits per heavy atom. The largest absolute Gasteiger partial charge is 0.322 e. The van der Waals surface area contributed by atoms with Crippen LogP contribution in [0.4, 0.5) is 0 Å². The van der Waals surface area contributed by atoms with Gasteiger partial charge in [-0.05, 0) is 71.3 Å². The van der Waals surface area contributed by atoms with Crippen LogP contribution in [0.2, 0.25) is 5.02 Å². The number of nitrogens with one attached hydrogen (secondary N) is 1. The van der Waals surface area contributed by atoms with E-state index in [-0.39, 0.29) is 23.5 Å². The Morgan fingerprint density at radius 1 is 1.03 bits per heavy atom. The molecule has 0 fully saturated rings. The van der Waals surface area contributed by atoms with Gasteiger partial charge in [-0.15, -0.1) is 11.3 Å². The molecule has 0 spiro atoms. The molecule has 0 atom stereocenters. The number of thiophene rings is 1. The van der Waals surface area contributed by atoms with Crippen LogP contribution in [0.25, 0.3) is 10.9 Å². The number of hydrogen-bond acceptors (Lipinski definition) is 4. The number of halogens is 1. The number of hydrogen-bond donors (Lipinski definition) is 1. The summed E-state index contributed by atoms with van der Waals surface area (Å²) in [5.74, 6) is 0. The quantitative estimate of drug-likeness (QED) is 0.402. The third kappa shape index (κ3) is 4.75. The fourth-order valence-corrected chi connectivity index (χ4v) is 5.71. The molecule has 2 heterocycles. The van der Waals surface area contributed by atoms with E-state index >= 15 is 0 Å². The Hall–Kier alpha value is -2.45. The van der Waals surface area contributed by atoms with Crippen LogP contribution in [0.3, 0.4) is 0 Å². The molecule has 4 aromatic rings. The summed E-state index contributed by atoms with van der Waals surface area (Å²) in [5.41, 5.74) is 1.99. The van der Waals surface area contributed by atoms with Gasteiger partial charge in [0.05, 0.1) is 4.90 Å². The molecule has 0 aliphatic rings.